The second-order valence-electron chi connectivity index (χ2n) is 3.77. The van der Waals surface area contributed by atoms with Crippen LogP contribution in [0.15, 0.2) is 12.1 Å². The fourth-order valence-corrected chi connectivity index (χ4v) is 1.94. The number of fused-ring (bicyclic) bond motifs is 1. The van der Waals surface area contributed by atoms with Crippen LogP contribution in [0.25, 0.3) is 0 Å². The molecule has 1 aliphatic heterocycles. The van der Waals surface area contributed by atoms with E-state index in [9.17, 15) is 0 Å². The minimum atomic E-state index is 0.0577. The van der Waals surface area contributed by atoms with Crippen LogP contribution < -0.4 is 5.73 Å². The minimum Gasteiger partial charge on any atom is -0.375 e. The van der Waals surface area contributed by atoms with Gasteiger partial charge < -0.3 is 10.5 Å². The van der Waals surface area contributed by atoms with Crippen LogP contribution in [0.2, 0.25) is 0 Å². The molecular formula is C11H15NO. The van der Waals surface area contributed by atoms with E-state index in [1.807, 2.05) is 0 Å². The maximum atomic E-state index is 5.96. The molecule has 0 amide bonds. The van der Waals surface area contributed by atoms with Gasteiger partial charge in [0.2, 0.25) is 0 Å². The smallest absolute Gasteiger partial charge is 0.0723 e. The largest absolute Gasteiger partial charge is 0.375 e. The average Bonchev–Trinajstić information content (AvgIpc) is 2.07. The van der Waals surface area contributed by atoms with Crippen molar-refractivity contribution in [1.29, 1.82) is 0 Å². The molecular weight excluding hydrogens is 162 g/mol. The number of nitrogens with two attached hydrogens (primary N) is 1. The number of benzene rings is 1. The summed E-state index contributed by atoms with van der Waals surface area (Å²) < 4.78 is 5.40. The number of hydrogen-bond donors (Lipinski definition) is 1. The highest BCUT2D eigenvalue weighted by molar-refractivity contribution is 5.40. The van der Waals surface area contributed by atoms with Crippen molar-refractivity contribution in [3.63, 3.8) is 0 Å². The van der Waals surface area contributed by atoms with E-state index in [0.29, 0.717) is 6.61 Å². The van der Waals surface area contributed by atoms with Gasteiger partial charge >= 0.3 is 0 Å². The Morgan fingerprint density at radius 3 is 2.92 bits per heavy atom. The predicted octanol–water partition coefficient (Wildman–Crippen LogP) is 1.83. The molecule has 0 saturated carbocycles. The van der Waals surface area contributed by atoms with E-state index in [0.717, 1.165) is 6.61 Å². The van der Waals surface area contributed by atoms with Crippen LogP contribution in [0.1, 0.15) is 28.3 Å². The van der Waals surface area contributed by atoms with Gasteiger partial charge in [0.1, 0.15) is 0 Å². The van der Waals surface area contributed by atoms with Gasteiger partial charge in [-0.05, 0) is 30.5 Å². The first-order chi connectivity index (χ1) is 6.18. The zero-order valence-corrected chi connectivity index (χ0v) is 8.13. The SMILES string of the molecule is Cc1cc(C)c2c(c1)[C@@H](N)COC2. The normalized spacial score (nSPS) is 21.3. The lowest BCUT2D eigenvalue weighted by atomic mass is 9.93. The van der Waals surface area contributed by atoms with Gasteiger partial charge in [0.25, 0.3) is 0 Å². The van der Waals surface area contributed by atoms with E-state index in [4.69, 9.17) is 10.5 Å². The first kappa shape index (κ1) is 8.73. The maximum absolute atomic E-state index is 5.96. The molecule has 0 bridgehead atoms. The lowest BCUT2D eigenvalue weighted by Crippen LogP contribution is -2.24. The van der Waals surface area contributed by atoms with Crippen LogP contribution in [0, 0.1) is 13.8 Å². The van der Waals surface area contributed by atoms with Gasteiger partial charge in [-0.3, -0.25) is 0 Å². The van der Waals surface area contributed by atoms with Crippen LogP contribution in [0.5, 0.6) is 0 Å². The van der Waals surface area contributed by atoms with Crippen LogP contribution in [0.4, 0.5) is 0 Å². The summed E-state index contributed by atoms with van der Waals surface area (Å²) in [6, 6.07) is 4.41. The Morgan fingerprint density at radius 2 is 2.15 bits per heavy atom. The maximum Gasteiger partial charge on any atom is 0.0723 e. The Morgan fingerprint density at radius 1 is 1.38 bits per heavy atom. The van der Waals surface area contributed by atoms with Crippen molar-refractivity contribution < 1.29 is 4.74 Å². The summed E-state index contributed by atoms with van der Waals surface area (Å²) in [4.78, 5) is 0. The van der Waals surface area contributed by atoms with Crippen LogP contribution in [0.3, 0.4) is 0 Å². The Hall–Kier alpha value is -0.860. The third-order valence-electron chi connectivity index (χ3n) is 2.60. The number of aryl methyl sites for hydroxylation is 2. The van der Waals surface area contributed by atoms with Crippen molar-refractivity contribution in [2.24, 2.45) is 5.73 Å². The quantitative estimate of drug-likeness (QED) is 0.656. The number of hydrogen-bond acceptors (Lipinski definition) is 2. The summed E-state index contributed by atoms with van der Waals surface area (Å²) in [6.45, 7) is 5.59. The summed E-state index contributed by atoms with van der Waals surface area (Å²) >= 11 is 0. The molecule has 13 heavy (non-hydrogen) atoms. The van der Waals surface area contributed by atoms with Crippen molar-refractivity contribution in [1.82, 2.24) is 0 Å². The predicted molar refractivity (Wildman–Crippen MR) is 52.5 cm³/mol. The lowest BCUT2D eigenvalue weighted by molar-refractivity contribution is 0.0919. The van der Waals surface area contributed by atoms with Gasteiger partial charge in [-0.15, -0.1) is 0 Å². The molecule has 70 valence electrons. The molecule has 1 aromatic carbocycles. The zero-order valence-electron chi connectivity index (χ0n) is 8.13. The molecule has 2 N–H and O–H groups in total. The zero-order chi connectivity index (χ0) is 9.42. The first-order valence-corrected chi connectivity index (χ1v) is 4.62. The molecule has 1 atom stereocenters. The van der Waals surface area contributed by atoms with Crippen molar-refractivity contribution in [2.75, 3.05) is 6.61 Å². The van der Waals surface area contributed by atoms with E-state index in [1.165, 1.54) is 22.3 Å². The Bertz CT molecular complexity index is 333. The second kappa shape index (κ2) is 3.13. The third-order valence-corrected chi connectivity index (χ3v) is 2.60. The Labute approximate surface area is 78.7 Å². The summed E-state index contributed by atoms with van der Waals surface area (Å²) in [5.41, 5.74) is 11.1. The molecule has 2 rings (SSSR count). The van der Waals surface area contributed by atoms with Crippen molar-refractivity contribution in [2.45, 2.75) is 26.5 Å². The highest BCUT2D eigenvalue weighted by atomic mass is 16.5. The van der Waals surface area contributed by atoms with Gasteiger partial charge in [0, 0.05) is 0 Å². The van der Waals surface area contributed by atoms with E-state index >= 15 is 0 Å². The Balaban J connectivity index is 2.56. The summed E-state index contributed by atoms with van der Waals surface area (Å²) in [5, 5.41) is 0. The molecule has 2 heteroatoms. The number of rotatable bonds is 0. The molecule has 0 saturated heterocycles. The fourth-order valence-electron chi connectivity index (χ4n) is 1.94. The standard InChI is InChI=1S/C11H15NO/c1-7-3-8(2)10-5-13-6-11(12)9(10)4-7/h3-4,11H,5-6,12H2,1-2H3/t11-/m0/s1. The van der Waals surface area contributed by atoms with E-state index in [-0.39, 0.29) is 6.04 Å². The first-order valence-electron chi connectivity index (χ1n) is 4.62. The van der Waals surface area contributed by atoms with Gasteiger partial charge in [0.05, 0.1) is 19.3 Å². The van der Waals surface area contributed by atoms with Crippen LogP contribution >= 0.6 is 0 Å². The molecule has 1 aliphatic rings. The highest BCUT2D eigenvalue weighted by Crippen LogP contribution is 2.26. The van der Waals surface area contributed by atoms with Gasteiger partial charge in [-0.2, -0.15) is 0 Å². The van der Waals surface area contributed by atoms with Crippen LogP contribution in [-0.2, 0) is 11.3 Å². The molecule has 2 nitrogen and oxygen atoms in total. The number of ether oxygens (including phenoxy) is 1. The van der Waals surface area contributed by atoms with Gasteiger partial charge in [-0.25, -0.2) is 0 Å². The average molecular weight is 177 g/mol. The molecule has 0 unspecified atom stereocenters. The van der Waals surface area contributed by atoms with E-state index in [1.54, 1.807) is 0 Å². The summed E-state index contributed by atoms with van der Waals surface area (Å²) in [5.74, 6) is 0. The molecule has 0 aromatic heterocycles. The summed E-state index contributed by atoms with van der Waals surface area (Å²) in [7, 11) is 0. The molecule has 0 aliphatic carbocycles. The van der Waals surface area contributed by atoms with E-state index < -0.39 is 0 Å². The summed E-state index contributed by atoms with van der Waals surface area (Å²) in [6.07, 6.45) is 0. The second-order valence-corrected chi connectivity index (χ2v) is 3.77. The molecule has 1 aromatic rings. The molecule has 0 spiro atoms. The monoisotopic (exact) mass is 177 g/mol. The van der Waals surface area contributed by atoms with Crippen molar-refractivity contribution in [3.05, 3.63) is 34.4 Å². The minimum absolute atomic E-state index is 0.0577. The molecule has 0 fully saturated rings. The van der Waals surface area contributed by atoms with Gasteiger partial charge in [-0.1, -0.05) is 17.7 Å². The molecule has 1 heterocycles. The van der Waals surface area contributed by atoms with E-state index in [2.05, 4.69) is 26.0 Å². The van der Waals surface area contributed by atoms with Gasteiger partial charge in [0.15, 0.2) is 0 Å². The molecule has 0 radical (unpaired) electrons. The van der Waals surface area contributed by atoms with Crippen LogP contribution in [-0.4, -0.2) is 6.61 Å². The van der Waals surface area contributed by atoms with Crippen molar-refractivity contribution in [3.8, 4) is 0 Å². The highest BCUT2D eigenvalue weighted by Gasteiger charge is 2.18. The Kier molecular flexibility index (Phi) is 2.10. The fraction of sp³-hybridized carbons (Fsp3) is 0.455. The van der Waals surface area contributed by atoms with Crippen molar-refractivity contribution >= 4 is 0 Å². The lowest BCUT2D eigenvalue weighted by Gasteiger charge is -2.24. The topological polar surface area (TPSA) is 35.2 Å². The third kappa shape index (κ3) is 1.47.